The van der Waals surface area contributed by atoms with Gasteiger partial charge >= 0.3 is 0 Å². The van der Waals surface area contributed by atoms with E-state index in [-0.39, 0.29) is 0 Å². The smallest absolute Gasteiger partial charge is 0.131 e. The molecule has 1 atom stereocenters. The first kappa shape index (κ1) is 29.4. The molecule has 1 unspecified atom stereocenters. The summed E-state index contributed by atoms with van der Waals surface area (Å²) in [5.74, 6) is 0.782. The fourth-order valence-electron chi connectivity index (χ4n) is 6.63. The molecule has 0 heterocycles. The van der Waals surface area contributed by atoms with E-state index in [4.69, 9.17) is 10.7 Å². The van der Waals surface area contributed by atoms with E-state index in [9.17, 15) is 0 Å². The summed E-state index contributed by atoms with van der Waals surface area (Å²) >= 11 is 0. The van der Waals surface area contributed by atoms with Crippen LogP contribution in [0.1, 0.15) is 22.9 Å². The van der Waals surface area contributed by atoms with Crippen LogP contribution >= 0.6 is 0 Å². The van der Waals surface area contributed by atoms with Crippen LogP contribution in [-0.4, -0.2) is 5.84 Å². The lowest BCUT2D eigenvalue weighted by Crippen LogP contribution is -2.35. The van der Waals surface area contributed by atoms with Crippen LogP contribution in [0, 0.1) is 0 Å². The zero-order chi connectivity index (χ0) is 32.3. The Morgan fingerprint density at radius 3 is 1.71 bits per heavy atom. The number of hydrogen-bond donors (Lipinski definition) is 2. The Kier molecular flexibility index (Phi) is 7.95. The van der Waals surface area contributed by atoms with Gasteiger partial charge in [0.05, 0.1) is 6.54 Å². The van der Waals surface area contributed by atoms with Crippen LogP contribution < -0.4 is 11.1 Å². The van der Waals surface area contributed by atoms with E-state index in [1.165, 1.54) is 49.2 Å². The molecule has 48 heavy (non-hydrogen) atoms. The average Bonchev–Trinajstić information content (AvgIpc) is 3.16. The van der Waals surface area contributed by atoms with Crippen molar-refractivity contribution in [3.05, 3.63) is 193 Å². The lowest BCUT2D eigenvalue weighted by molar-refractivity contribution is 0.679. The number of nitrogens with zero attached hydrogens (tertiary/aromatic N) is 1. The topological polar surface area (TPSA) is 50.4 Å². The molecule has 0 fully saturated rings. The van der Waals surface area contributed by atoms with Gasteiger partial charge in [-0.2, -0.15) is 0 Å². The lowest BCUT2D eigenvalue weighted by Gasteiger charge is -2.21. The number of fused-ring (bicyclic) bond motifs is 4. The predicted molar refractivity (Wildman–Crippen MR) is 203 cm³/mol. The second kappa shape index (κ2) is 13.0. The molecule has 0 saturated carbocycles. The molecule has 8 rings (SSSR count). The van der Waals surface area contributed by atoms with E-state index in [0.29, 0.717) is 6.54 Å². The van der Waals surface area contributed by atoms with Gasteiger partial charge in [0.1, 0.15) is 12.0 Å². The zero-order valence-corrected chi connectivity index (χ0v) is 26.6. The van der Waals surface area contributed by atoms with Crippen molar-refractivity contribution in [1.29, 1.82) is 0 Å². The van der Waals surface area contributed by atoms with Crippen LogP contribution in [0.5, 0.6) is 0 Å². The van der Waals surface area contributed by atoms with E-state index in [0.717, 1.165) is 27.9 Å². The highest BCUT2D eigenvalue weighted by Gasteiger charge is 2.18. The quantitative estimate of drug-likeness (QED) is 0.0615. The molecule has 3 heteroatoms. The largest absolute Gasteiger partial charge is 0.351 e. The first-order valence-corrected chi connectivity index (χ1v) is 16.4. The zero-order valence-electron chi connectivity index (χ0n) is 26.6. The summed E-state index contributed by atoms with van der Waals surface area (Å²) in [7, 11) is 0. The summed E-state index contributed by atoms with van der Waals surface area (Å²) in [6.07, 6.45) is -0.435. The van der Waals surface area contributed by atoms with Gasteiger partial charge in [-0.15, -0.1) is 0 Å². The number of rotatable bonds is 7. The molecule has 8 aromatic rings. The number of hydrogen-bond acceptors (Lipinski definition) is 2. The lowest BCUT2D eigenvalue weighted by atomic mass is 9.92. The maximum Gasteiger partial charge on any atom is 0.131 e. The molecule has 0 aliphatic rings. The molecular weight excluding hydrogens is 583 g/mol. The number of nitrogens with two attached hydrogens (primary N) is 1. The van der Waals surface area contributed by atoms with Gasteiger partial charge in [-0.1, -0.05) is 170 Å². The maximum absolute atomic E-state index is 6.84. The summed E-state index contributed by atoms with van der Waals surface area (Å²) < 4.78 is 0. The molecule has 0 aliphatic carbocycles. The first-order valence-electron chi connectivity index (χ1n) is 16.4. The van der Waals surface area contributed by atoms with E-state index in [1.54, 1.807) is 0 Å². The van der Waals surface area contributed by atoms with Crippen molar-refractivity contribution in [3.63, 3.8) is 0 Å². The summed E-state index contributed by atoms with van der Waals surface area (Å²) in [4.78, 5) is 5.31. The van der Waals surface area contributed by atoms with Crippen molar-refractivity contribution in [2.45, 2.75) is 12.7 Å². The van der Waals surface area contributed by atoms with Gasteiger partial charge in [0.2, 0.25) is 0 Å². The molecule has 3 nitrogen and oxygen atoms in total. The Balaban J connectivity index is 1.20. The minimum absolute atomic E-state index is 0.435. The molecule has 0 aromatic heterocycles. The second-order valence-electron chi connectivity index (χ2n) is 12.2. The number of aliphatic imine (C=N–C) groups is 1. The normalized spacial score (nSPS) is 12.4. The third-order valence-electron chi connectivity index (χ3n) is 9.14. The van der Waals surface area contributed by atoms with Crippen molar-refractivity contribution in [2.75, 3.05) is 0 Å². The number of nitrogens with one attached hydrogen (secondary N) is 1. The highest BCUT2D eigenvalue weighted by Crippen LogP contribution is 2.35. The third kappa shape index (κ3) is 5.84. The molecule has 0 bridgehead atoms. The second-order valence-corrected chi connectivity index (χ2v) is 12.2. The molecule has 0 spiro atoms. The van der Waals surface area contributed by atoms with Crippen molar-refractivity contribution < 1.29 is 0 Å². The molecule has 3 N–H and O–H groups in total. The number of benzene rings is 8. The Hall–Kier alpha value is -6.03. The van der Waals surface area contributed by atoms with Gasteiger partial charge in [0.25, 0.3) is 0 Å². The van der Waals surface area contributed by atoms with Gasteiger partial charge in [-0.3, -0.25) is 4.99 Å². The van der Waals surface area contributed by atoms with Gasteiger partial charge in [-0.25, -0.2) is 0 Å². The fraction of sp³-hybridized carbons (Fsp3) is 0.0444. The minimum Gasteiger partial charge on any atom is -0.351 e. The summed E-state index contributed by atoms with van der Waals surface area (Å²) in [6.45, 7) is 0.506. The Labute approximate surface area is 281 Å². The highest BCUT2D eigenvalue weighted by molar-refractivity contribution is 6.26. The van der Waals surface area contributed by atoms with Gasteiger partial charge in [0.15, 0.2) is 0 Å². The Bertz CT molecular complexity index is 2380. The van der Waals surface area contributed by atoms with Crippen LogP contribution in [0.3, 0.4) is 0 Å². The third-order valence-corrected chi connectivity index (χ3v) is 9.14. The van der Waals surface area contributed by atoms with Crippen molar-refractivity contribution >= 4 is 38.2 Å². The first-order chi connectivity index (χ1) is 23.7. The summed E-state index contributed by atoms with van der Waals surface area (Å²) in [5.41, 5.74) is 14.8. The average molecular weight is 618 g/mol. The molecule has 0 amide bonds. The van der Waals surface area contributed by atoms with E-state index < -0.39 is 6.17 Å². The van der Waals surface area contributed by atoms with Gasteiger partial charge in [0, 0.05) is 10.9 Å². The van der Waals surface area contributed by atoms with Gasteiger partial charge < -0.3 is 11.1 Å². The minimum atomic E-state index is -0.435. The molecule has 230 valence electrons. The van der Waals surface area contributed by atoms with Crippen LogP contribution in [0.15, 0.2) is 181 Å². The summed E-state index contributed by atoms with van der Waals surface area (Å²) in [5, 5.41) is 10.7. The van der Waals surface area contributed by atoms with Crippen molar-refractivity contribution in [1.82, 2.24) is 5.32 Å². The highest BCUT2D eigenvalue weighted by atomic mass is 15.1. The molecular formula is C45H35N3. The van der Waals surface area contributed by atoms with Crippen LogP contribution in [0.25, 0.3) is 54.6 Å². The van der Waals surface area contributed by atoms with E-state index >= 15 is 0 Å². The SMILES string of the molecule is NC(N/C(=N\Cc1ccc(-c2ccc(-c3ccccc3)cc2)cc1)c1c2ccccc2cc2ccc3ccccc3c12)c1ccccc1. The summed E-state index contributed by atoms with van der Waals surface area (Å²) in [6, 6.07) is 62.0. The maximum atomic E-state index is 6.84. The Morgan fingerprint density at radius 2 is 1.02 bits per heavy atom. The molecule has 0 saturated heterocycles. The van der Waals surface area contributed by atoms with Crippen LogP contribution in [-0.2, 0) is 6.54 Å². The van der Waals surface area contributed by atoms with E-state index in [2.05, 4.69) is 157 Å². The molecule has 0 aliphatic heterocycles. The van der Waals surface area contributed by atoms with Crippen LogP contribution in [0.4, 0.5) is 0 Å². The predicted octanol–water partition coefficient (Wildman–Crippen LogP) is 10.7. The standard InChI is InChI=1S/C45H35N3/c46-44(37-14-5-2-6-15-37)48-45(43-41-18-10-8-16-38(41)29-39-28-27-36-13-7-9-17-40(36)42(39)43)47-30-31-19-21-33(22-20-31)35-25-23-34(24-26-35)32-11-3-1-4-12-32/h1-29,44H,30,46H2,(H,47,48). The molecule has 8 aromatic carbocycles. The van der Waals surface area contributed by atoms with E-state index in [1.807, 2.05) is 24.3 Å². The monoisotopic (exact) mass is 617 g/mol. The molecule has 0 radical (unpaired) electrons. The van der Waals surface area contributed by atoms with Crippen LogP contribution in [0.2, 0.25) is 0 Å². The van der Waals surface area contributed by atoms with Crippen molar-refractivity contribution in [2.24, 2.45) is 10.7 Å². The van der Waals surface area contributed by atoms with Crippen molar-refractivity contribution in [3.8, 4) is 22.3 Å². The Morgan fingerprint density at radius 1 is 0.500 bits per heavy atom. The number of amidine groups is 1. The fourth-order valence-corrected chi connectivity index (χ4v) is 6.63. The van der Waals surface area contributed by atoms with Gasteiger partial charge in [-0.05, 0) is 66.4 Å².